The summed E-state index contributed by atoms with van der Waals surface area (Å²) in [7, 11) is 4.04. The Morgan fingerprint density at radius 1 is 1.15 bits per heavy atom. The number of pyridine rings is 2. The van der Waals surface area contributed by atoms with E-state index in [-0.39, 0.29) is 6.54 Å². The highest BCUT2D eigenvalue weighted by molar-refractivity contribution is 6.11. The molecule has 0 bridgehead atoms. The van der Waals surface area contributed by atoms with E-state index in [9.17, 15) is 9.59 Å². The molecule has 39 heavy (non-hydrogen) atoms. The van der Waals surface area contributed by atoms with Crippen molar-refractivity contribution in [2.75, 3.05) is 32.6 Å². The number of rotatable bonds is 6. The van der Waals surface area contributed by atoms with Crippen LogP contribution in [0.2, 0.25) is 0 Å². The second-order valence-electron chi connectivity index (χ2n) is 11.3. The van der Waals surface area contributed by atoms with Crippen molar-refractivity contribution in [3.63, 3.8) is 0 Å². The SMILES string of the molecule is CN(C)Cc1nc(Nc2ccc(-c3ccncc3)c3c2C(=O)N(C(=O)OC(C)(C)C)C3)ccc1C1CCOC1. The number of nitrogens with zero attached hydrogens (tertiary/aromatic N) is 4. The van der Waals surface area contributed by atoms with Crippen LogP contribution in [0.5, 0.6) is 0 Å². The fraction of sp³-hybridized carbons (Fsp3) is 0.400. The highest BCUT2D eigenvalue weighted by Gasteiger charge is 2.38. The first-order chi connectivity index (χ1) is 18.6. The van der Waals surface area contributed by atoms with Gasteiger partial charge in [-0.25, -0.2) is 14.7 Å². The van der Waals surface area contributed by atoms with E-state index in [1.54, 1.807) is 33.2 Å². The quantitative estimate of drug-likeness (QED) is 0.457. The standard InChI is InChI=1S/C30H35N5O4/c1-30(2,3)39-29(37)35-16-23-21(19-10-13-31-14-11-19)6-8-24(27(23)28(35)36)32-26-9-7-22(20-12-15-38-18-20)25(33-26)17-34(4)5/h6-11,13-14,20H,12,15-18H2,1-5H3,(H,32,33). The van der Waals surface area contributed by atoms with E-state index in [0.717, 1.165) is 35.4 Å². The van der Waals surface area contributed by atoms with E-state index in [0.29, 0.717) is 36.1 Å². The molecule has 0 spiro atoms. The number of aromatic nitrogens is 2. The largest absolute Gasteiger partial charge is 0.443 e. The van der Waals surface area contributed by atoms with E-state index >= 15 is 0 Å². The molecule has 1 fully saturated rings. The van der Waals surface area contributed by atoms with Gasteiger partial charge in [0.25, 0.3) is 5.91 Å². The van der Waals surface area contributed by atoms with Crippen LogP contribution in [0, 0.1) is 0 Å². The number of anilines is 2. The molecule has 9 nitrogen and oxygen atoms in total. The first kappa shape index (κ1) is 26.8. The van der Waals surface area contributed by atoms with Gasteiger partial charge in [-0.3, -0.25) is 9.78 Å². The average molecular weight is 530 g/mol. The number of carbonyl (C=O) groups is 2. The lowest BCUT2D eigenvalue weighted by atomic mass is 9.95. The van der Waals surface area contributed by atoms with Crippen molar-refractivity contribution in [1.82, 2.24) is 19.8 Å². The van der Waals surface area contributed by atoms with Gasteiger partial charge in [-0.2, -0.15) is 0 Å². The summed E-state index contributed by atoms with van der Waals surface area (Å²) in [5.74, 6) is 0.567. The second kappa shape index (κ2) is 10.7. The molecule has 0 saturated carbocycles. The van der Waals surface area contributed by atoms with Gasteiger partial charge in [0.1, 0.15) is 11.4 Å². The summed E-state index contributed by atoms with van der Waals surface area (Å²) < 4.78 is 11.2. The molecule has 204 valence electrons. The maximum atomic E-state index is 13.7. The van der Waals surface area contributed by atoms with Crippen molar-refractivity contribution in [2.45, 2.75) is 51.8 Å². The van der Waals surface area contributed by atoms with Gasteiger partial charge in [0.05, 0.1) is 30.1 Å². The van der Waals surface area contributed by atoms with Crippen LogP contribution in [0.1, 0.15) is 60.3 Å². The minimum atomic E-state index is -0.722. The van der Waals surface area contributed by atoms with Gasteiger partial charge < -0.3 is 19.7 Å². The summed E-state index contributed by atoms with van der Waals surface area (Å²) in [5, 5.41) is 3.38. The van der Waals surface area contributed by atoms with E-state index in [1.165, 1.54) is 10.5 Å². The number of amides is 2. The smallest absolute Gasteiger partial charge is 0.417 e. The van der Waals surface area contributed by atoms with Gasteiger partial charge in [0, 0.05) is 31.5 Å². The molecule has 1 saturated heterocycles. The number of imide groups is 1. The van der Waals surface area contributed by atoms with Crippen LogP contribution in [0.15, 0.2) is 48.8 Å². The first-order valence-electron chi connectivity index (χ1n) is 13.2. The Labute approximate surface area is 229 Å². The number of benzene rings is 1. The Morgan fingerprint density at radius 2 is 1.92 bits per heavy atom. The van der Waals surface area contributed by atoms with Crippen molar-refractivity contribution < 1.29 is 19.1 Å². The van der Waals surface area contributed by atoms with Crippen LogP contribution >= 0.6 is 0 Å². The molecule has 1 unspecified atom stereocenters. The van der Waals surface area contributed by atoms with Crippen LogP contribution < -0.4 is 5.32 Å². The molecule has 0 aliphatic carbocycles. The summed E-state index contributed by atoms with van der Waals surface area (Å²) >= 11 is 0. The average Bonchev–Trinajstić information content (AvgIpc) is 3.52. The number of nitrogens with one attached hydrogen (secondary N) is 1. The van der Waals surface area contributed by atoms with Gasteiger partial charge in [0.15, 0.2) is 0 Å². The second-order valence-corrected chi connectivity index (χ2v) is 11.3. The Balaban J connectivity index is 1.53. The van der Waals surface area contributed by atoms with E-state index < -0.39 is 17.6 Å². The van der Waals surface area contributed by atoms with Crippen molar-refractivity contribution >= 4 is 23.5 Å². The number of fused-ring (bicyclic) bond motifs is 1. The van der Waals surface area contributed by atoms with Crippen LogP contribution in [-0.2, 0) is 22.6 Å². The third-order valence-corrected chi connectivity index (χ3v) is 6.80. The lowest BCUT2D eigenvalue weighted by molar-refractivity contribution is 0.0248. The first-order valence-corrected chi connectivity index (χ1v) is 13.2. The third kappa shape index (κ3) is 5.79. The molecular weight excluding hydrogens is 494 g/mol. The Morgan fingerprint density at radius 3 is 2.59 bits per heavy atom. The molecule has 9 heteroatoms. The highest BCUT2D eigenvalue weighted by atomic mass is 16.6. The maximum absolute atomic E-state index is 13.7. The monoisotopic (exact) mass is 529 g/mol. The van der Waals surface area contributed by atoms with Crippen LogP contribution in [0.3, 0.4) is 0 Å². The third-order valence-electron chi connectivity index (χ3n) is 6.80. The molecule has 2 amide bonds. The van der Waals surface area contributed by atoms with E-state index in [1.807, 2.05) is 44.4 Å². The fourth-order valence-electron chi connectivity index (χ4n) is 5.09. The molecule has 4 heterocycles. The molecular formula is C30H35N5O4. The van der Waals surface area contributed by atoms with Crippen LogP contribution in [-0.4, -0.2) is 64.7 Å². The van der Waals surface area contributed by atoms with Gasteiger partial charge in [-0.1, -0.05) is 12.1 Å². The zero-order valence-corrected chi connectivity index (χ0v) is 23.2. The molecule has 5 rings (SSSR count). The molecule has 2 aliphatic heterocycles. The lowest BCUT2D eigenvalue weighted by Gasteiger charge is -2.23. The van der Waals surface area contributed by atoms with Crippen molar-refractivity contribution in [2.24, 2.45) is 0 Å². The molecule has 1 N–H and O–H groups in total. The Bertz CT molecular complexity index is 1380. The van der Waals surface area contributed by atoms with E-state index in [2.05, 4.69) is 21.3 Å². The van der Waals surface area contributed by atoms with Crippen molar-refractivity contribution in [3.05, 3.63) is 71.2 Å². The molecule has 2 aromatic heterocycles. The lowest BCUT2D eigenvalue weighted by Crippen LogP contribution is -2.37. The zero-order valence-electron chi connectivity index (χ0n) is 23.2. The van der Waals surface area contributed by atoms with Gasteiger partial charge in [-0.15, -0.1) is 0 Å². The predicted octanol–water partition coefficient (Wildman–Crippen LogP) is 5.34. The molecule has 3 aromatic rings. The van der Waals surface area contributed by atoms with Crippen molar-refractivity contribution in [3.8, 4) is 11.1 Å². The van der Waals surface area contributed by atoms with Gasteiger partial charge >= 0.3 is 6.09 Å². The number of ether oxygens (including phenoxy) is 2. The summed E-state index contributed by atoms with van der Waals surface area (Å²) in [6.07, 6.45) is 3.74. The fourth-order valence-corrected chi connectivity index (χ4v) is 5.09. The summed E-state index contributed by atoms with van der Waals surface area (Å²) in [6, 6.07) is 11.7. The summed E-state index contributed by atoms with van der Waals surface area (Å²) in [6.45, 7) is 7.62. The minimum Gasteiger partial charge on any atom is -0.443 e. The normalized spacial score (nSPS) is 17.0. The maximum Gasteiger partial charge on any atom is 0.417 e. The van der Waals surface area contributed by atoms with Crippen LogP contribution in [0.25, 0.3) is 11.1 Å². The predicted molar refractivity (Wildman–Crippen MR) is 149 cm³/mol. The molecule has 0 radical (unpaired) electrons. The topological polar surface area (TPSA) is 96.9 Å². The zero-order chi connectivity index (χ0) is 27.7. The Hall–Kier alpha value is -3.82. The highest BCUT2D eigenvalue weighted by Crippen LogP contribution is 2.39. The number of hydrogen-bond acceptors (Lipinski definition) is 8. The molecule has 1 atom stereocenters. The number of hydrogen-bond donors (Lipinski definition) is 1. The molecule has 2 aliphatic rings. The summed E-state index contributed by atoms with van der Waals surface area (Å²) in [5.41, 5.74) is 5.04. The van der Waals surface area contributed by atoms with Gasteiger partial charge in [-0.05, 0) is 87.8 Å². The van der Waals surface area contributed by atoms with Crippen LogP contribution in [0.4, 0.5) is 16.3 Å². The van der Waals surface area contributed by atoms with Gasteiger partial charge in [0.2, 0.25) is 0 Å². The summed E-state index contributed by atoms with van der Waals surface area (Å²) in [4.78, 5) is 39.0. The number of carbonyl (C=O) groups excluding carboxylic acids is 2. The van der Waals surface area contributed by atoms with E-state index in [4.69, 9.17) is 14.5 Å². The van der Waals surface area contributed by atoms with Crippen molar-refractivity contribution in [1.29, 1.82) is 0 Å². The molecule has 1 aromatic carbocycles. The minimum absolute atomic E-state index is 0.121. The Kier molecular flexibility index (Phi) is 7.38.